The van der Waals surface area contributed by atoms with Crippen molar-refractivity contribution in [2.75, 3.05) is 38.3 Å². The van der Waals surface area contributed by atoms with E-state index >= 15 is 0 Å². The summed E-state index contributed by atoms with van der Waals surface area (Å²) < 4.78 is 41.9. The van der Waals surface area contributed by atoms with Crippen LogP contribution in [0.15, 0.2) is 0 Å². The summed E-state index contributed by atoms with van der Waals surface area (Å²) in [5, 5.41) is 5.89. The standard InChI is InChI=1S/C8H13F3N4OS/c1-16-5-4-15(3-2-12)7-14-13-6(17-7)8(9,10)11/h2-5,12H2,1H3. The van der Waals surface area contributed by atoms with Gasteiger partial charge < -0.3 is 15.4 Å². The summed E-state index contributed by atoms with van der Waals surface area (Å²) >= 11 is 0.506. The van der Waals surface area contributed by atoms with E-state index < -0.39 is 11.2 Å². The molecule has 9 heteroatoms. The zero-order chi connectivity index (χ0) is 12.9. The Labute approximate surface area is 100 Å². The quantitative estimate of drug-likeness (QED) is 0.834. The van der Waals surface area contributed by atoms with E-state index in [1.165, 1.54) is 7.11 Å². The first kappa shape index (κ1) is 14.1. The number of aromatic nitrogens is 2. The third kappa shape index (κ3) is 4.10. The number of alkyl halides is 3. The molecular formula is C8H13F3N4OS. The Balaban J connectivity index is 2.76. The fraction of sp³-hybridized carbons (Fsp3) is 0.750. The number of hydrogen-bond acceptors (Lipinski definition) is 6. The molecule has 0 atom stereocenters. The van der Waals surface area contributed by atoms with E-state index in [-0.39, 0.29) is 5.13 Å². The van der Waals surface area contributed by atoms with Gasteiger partial charge in [0, 0.05) is 26.7 Å². The molecule has 5 nitrogen and oxygen atoms in total. The molecule has 0 aliphatic carbocycles. The number of rotatable bonds is 6. The number of nitrogens with two attached hydrogens (primary N) is 1. The van der Waals surface area contributed by atoms with E-state index in [2.05, 4.69) is 10.2 Å². The van der Waals surface area contributed by atoms with Crippen LogP contribution >= 0.6 is 11.3 Å². The zero-order valence-electron chi connectivity index (χ0n) is 9.20. The Bertz CT molecular complexity index is 344. The molecule has 1 aromatic heterocycles. The number of anilines is 1. The Morgan fingerprint density at radius 2 is 2.06 bits per heavy atom. The van der Waals surface area contributed by atoms with Crippen LogP contribution in [0.2, 0.25) is 0 Å². The summed E-state index contributed by atoms with van der Waals surface area (Å²) in [5.74, 6) is 0. The number of hydrogen-bond donors (Lipinski definition) is 1. The third-order valence-electron chi connectivity index (χ3n) is 1.89. The lowest BCUT2D eigenvalue weighted by Gasteiger charge is -2.19. The molecule has 0 fully saturated rings. The molecule has 1 aromatic rings. The van der Waals surface area contributed by atoms with Gasteiger partial charge in [0.1, 0.15) is 0 Å². The van der Waals surface area contributed by atoms with Crippen LogP contribution in [-0.2, 0) is 10.9 Å². The number of ether oxygens (including phenoxy) is 1. The van der Waals surface area contributed by atoms with E-state index in [4.69, 9.17) is 10.5 Å². The molecule has 0 amide bonds. The molecule has 17 heavy (non-hydrogen) atoms. The third-order valence-corrected chi connectivity index (χ3v) is 2.92. The minimum Gasteiger partial charge on any atom is -0.383 e. The highest BCUT2D eigenvalue weighted by molar-refractivity contribution is 7.15. The maximum absolute atomic E-state index is 12.3. The fourth-order valence-corrected chi connectivity index (χ4v) is 1.88. The molecule has 0 bridgehead atoms. The number of halogens is 3. The molecule has 0 saturated heterocycles. The van der Waals surface area contributed by atoms with E-state index in [1.54, 1.807) is 4.90 Å². The van der Waals surface area contributed by atoms with Crippen LogP contribution in [0.5, 0.6) is 0 Å². The second kappa shape index (κ2) is 6.12. The average molecular weight is 270 g/mol. The summed E-state index contributed by atoms with van der Waals surface area (Å²) in [6, 6.07) is 0. The van der Waals surface area contributed by atoms with Gasteiger partial charge in [-0.05, 0) is 0 Å². The molecule has 0 radical (unpaired) electrons. The van der Waals surface area contributed by atoms with Crippen molar-refractivity contribution in [2.45, 2.75) is 6.18 Å². The molecule has 0 spiro atoms. The maximum Gasteiger partial charge on any atom is 0.445 e. The van der Waals surface area contributed by atoms with Crippen LogP contribution in [-0.4, -0.2) is 43.5 Å². The largest absolute Gasteiger partial charge is 0.445 e. The summed E-state index contributed by atoms with van der Waals surface area (Å²) in [4.78, 5) is 1.62. The van der Waals surface area contributed by atoms with E-state index in [9.17, 15) is 13.2 Å². The van der Waals surface area contributed by atoms with Crippen molar-refractivity contribution in [1.29, 1.82) is 0 Å². The second-order valence-electron chi connectivity index (χ2n) is 3.16. The van der Waals surface area contributed by atoms with E-state index in [0.717, 1.165) is 0 Å². The van der Waals surface area contributed by atoms with Crippen molar-refractivity contribution < 1.29 is 17.9 Å². The van der Waals surface area contributed by atoms with Gasteiger partial charge in [-0.1, -0.05) is 11.3 Å². The molecule has 98 valence electrons. The zero-order valence-corrected chi connectivity index (χ0v) is 10.0. The summed E-state index contributed by atoms with van der Waals surface area (Å²) in [6.45, 7) is 1.56. The molecule has 2 N–H and O–H groups in total. The van der Waals surface area contributed by atoms with E-state index in [0.29, 0.717) is 37.6 Å². The van der Waals surface area contributed by atoms with Gasteiger partial charge in [0.15, 0.2) is 0 Å². The summed E-state index contributed by atoms with van der Waals surface area (Å²) in [6.07, 6.45) is -4.45. The minimum absolute atomic E-state index is 0.208. The van der Waals surface area contributed by atoms with Gasteiger partial charge in [-0.25, -0.2) is 0 Å². The van der Waals surface area contributed by atoms with Crippen molar-refractivity contribution in [1.82, 2.24) is 10.2 Å². The Morgan fingerprint density at radius 3 is 2.53 bits per heavy atom. The van der Waals surface area contributed by atoms with Crippen molar-refractivity contribution in [3.63, 3.8) is 0 Å². The Morgan fingerprint density at radius 1 is 1.35 bits per heavy atom. The first-order valence-electron chi connectivity index (χ1n) is 4.83. The lowest BCUT2D eigenvalue weighted by molar-refractivity contribution is -0.138. The van der Waals surface area contributed by atoms with Crippen LogP contribution < -0.4 is 10.6 Å². The highest BCUT2D eigenvalue weighted by atomic mass is 32.1. The first-order valence-corrected chi connectivity index (χ1v) is 5.65. The molecule has 0 unspecified atom stereocenters. The minimum atomic E-state index is -4.45. The van der Waals surface area contributed by atoms with Crippen LogP contribution in [0.1, 0.15) is 5.01 Å². The Hall–Kier alpha value is -0.930. The fourth-order valence-electron chi connectivity index (χ4n) is 1.12. The number of nitrogens with zero attached hydrogens (tertiary/aromatic N) is 3. The summed E-state index contributed by atoms with van der Waals surface area (Å²) in [7, 11) is 1.52. The van der Waals surface area contributed by atoms with Gasteiger partial charge in [0.05, 0.1) is 6.61 Å². The molecular weight excluding hydrogens is 257 g/mol. The molecule has 0 saturated carbocycles. The molecule has 1 rings (SSSR count). The van der Waals surface area contributed by atoms with Crippen molar-refractivity contribution >= 4 is 16.5 Å². The molecule has 0 aromatic carbocycles. The van der Waals surface area contributed by atoms with Crippen molar-refractivity contribution in [3.8, 4) is 0 Å². The second-order valence-corrected chi connectivity index (χ2v) is 4.11. The first-order chi connectivity index (χ1) is 7.99. The molecule has 0 aliphatic rings. The topological polar surface area (TPSA) is 64.3 Å². The molecule has 0 aliphatic heterocycles. The van der Waals surface area contributed by atoms with Gasteiger partial charge in [0.25, 0.3) is 0 Å². The molecule has 1 heterocycles. The maximum atomic E-state index is 12.3. The highest BCUT2D eigenvalue weighted by Gasteiger charge is 2.36. The smallest absolute Gasteiger partial charge is 0.383 e. The summed E-state index contributed by atoms with van der Waals surface area (Å²) in [5.41, 5.74) is 5.38. The lowest BCUT2D eigenvalue weighted by atomic mass is 10.5. The normalized spacial score (nSPS) is 11.8. The van der Waals surface area contributed by atoms with Gasteiger partial charge in [-0.2, -0.15) is 13.2 Å². The van der Waals surface area contributed by atoms with Crippen LogP contribution in [0.25, 0.3) is 0 Å². The van der Waals surface area contributed by atoms with E-state index in [1.807, 2.05) is 0 Å². The monoisotopic (exact) mass is 270 g/mol. The SMILES string of the molecule is COCCN(CCN)c1nnc(C(F)(F)F)s1. The number of methoxy groups -OCH3 is 1. The van der Waals surface area contributed by atoms with Gasteiger partial charge in [-0.15, -0.1) is 10.2 Å². The van der Waals surface area contributed by atoms with Crippen LogP contribution in [0, 0.1) is 0 Å². The predicted molar refractivity (Wildman–Crippen MR) is 58.1 cm³/mol. The average Bonchev–Trinajstić information content (AvgIpc) is 2.72. The van der Waals surface area contributed by atoms with Gasteiger partial charge >= 0.3 is 6.18 Å². The van der Waals surface area contributed by atoms with Crippen molar-refractivity contribution in [2.24, 2.45) is 5.73 Å². The highest BCUT2D eigenvalue weighted by Crippen LogP contribution is 2.34. The van der Waals surface area contributed by atoms with Crippen LogP contribution in [0.3, 0.4) is 0 Å². The van der Waals surface area contributed by atoms with Crippen molar-refractivity contribution in [3.05, 3.63) is 5.01 Å². The van der Waals surface area contributed by atoms with Gasteiger partial charge in [-0.3, -0.25) is 0 Å². The predicted octanol–water partition coefficient (Wildman–Crippen LogP) is 0.968. The van der Waals surface area contributed by atoms with Gasteiger partial charge in [0.2, 0.25) is 10.1 Å². The Kier molecular flexibility index (Phi) is 5.09. The lowest BCUT2D eigenvalue weighted by Crippen LogP contribution is -2.32. The van der Waals surface area contributed by atoms with Crippen LogP contribution in [0.4, 0.5) is 18.3 Å².